The quantitative estimate of drug-likeness (QED) is 0.423. The van der Waals surface area contributed by atoms with Gasteiger partial charge < -0.3 is 4.57 Å². The first kappa shape index (κ1) is 21.8. The predicted octanol–water partition coefficient (Wildman–Crippen LogP) is 4.91. The predicted molar refractivity (Wildman–Crippen MR) is 127 cm³/mol. The highest BCUT2D eigenvalue weighted by Gasteiger charge is 2.40. The molecule has 0 saturated carbocycles. The molecule has 5 nitrogen and oxygen atoms in total. The maximum Gasteiger partial charge on any atom is 0.243 e. The third-order valence-electron chi connectivity index (χ3n) is 6.82. The Labute approximate surface area is 193 Å². The van der Waals surface area contributed by atoms with Crippen LogP contribution in [0.25, 0.3) is 11.0 Å². The SMILES string of the molecule is Cc1nc2ccccc2n1CC1(c2ccccc2)CCN(S(=O)(=O)c2ccc(F)cc2)CC1. The molecule has 170 valence electrons. The molecule has 0 atom stereocenters. The van der Waals surface area contributed by atoms with Crippen molar-refractivity contribution in [2.24, 2.45) is 0 Å². The number of piperidine rings is 1. The van der Waals surface area contributed by atoms with Gasteiger partial charge in [0.05, 0.1) is 15.9 Å². The molecule has 5 rings (SSSR count). The van der Waals surface area contributed by atoms with Crippen LogP contribution in [0.2, 0.25) is 0 Å². The van der Waals surface area contributed by atoms with Gasteiger partial charge in [0.15, 0.2) is 0 Å². The van der Waals surface area contributed by atoms with E-state index in [1.165, 1.54) is 34.1 Å². The monoisotopic (exact) mass is 463 g/mol. The van der Waals surface area contributed by atoms with Crippen molar-refractivity contribution in [1.29, 1.82) is 0 Å². The van der Waals surface area contributed by atoms with Crippen molar-refractivity contribution in [2.45, 2.75) is 36.6 Å². The Balaban J connectivity index is 1.48. The van der Waals surface area contributed by atoms with Gasteiger partial charge in [-0.1, -0.05) is 42.5 Å². The number of rotatable bonds is 5. The Morgan fingerprint density at radius 2 is 1.55 bits per heavy atom. The van der Waals surface area contributed by atoms with Gasteiger partial charge in [0.1, 0.15) is 11.6 Å². The lowest BCUT2D eigenvalue weighted by atomic mass is 9.73. The Hall–Kier alpha value is -3.03. The third kappa shape index (κ3) is 3.96. The molecule has 1 aromatic heterocycles. The zero-order valence-corrected chi connectivity index (χ0v) is 19.3. The summed E-state index contributed by atoms with van der Waals surface area (Å²) in [7, 11) is -3.67. The van der Waals surface area contributed by atoms with E-state index >= 15 is 0 Å². The summed E-state index contributed by atoms with van der Waals surface area (Å²) in [5.41, 5.74) is 3.05. The van der Waals surface area contributed by atoms with Crippen LogP contribution in [0.1, 0.15) is 24.2 Å². The number of imidazole rings is 1. The number of halogens is 1. The number of para-hydroxylation sites is 2. The number of nitrogens with zero attached hydrogens (tertiary/aromatic N) is 3. The van der Waals surface area contributed by atoms with Gasteiger partial charge in [0.2, 0.25) is 10.0 Å². The Kier molecular flexibility index (Phi) is 5.54. The molecule has 0 aliphatic carbocycles. The Morgan fingerprint density at radius 1 is 0.909 bits per heavy atom. The molecule has 0 amide bonds. The number of hydrogen-bond donors (Lipinski definition) is 0. The van der Waals surface area contributed by atoms with E-state index in [0.717, 1.165) is 23.4 Å². The second kappa shape index (κ2) is 8.39. The van der Waals surface area contributed by atoms with Crippen LogP contribution in [0.3, 0.4) is 0 Å². The first-order chi connectivity index (χ1) is 15.9. The minimum atomic E-state index is -3.67. The van der Waals surface area contributed by atoms with E-state index < -0.39 is 15.8 Å². The average Bonchev–Trinajstić information content (AvgIpc) is 3.15. The normalized spacial score (nSPS) is 16.8. The van der Waals surface area contributed by atoms with E-state index in [-0.39, 0.29) is 10.3 Å². The van der Waals surface area contributed by atoms with E-state index in [2.05, 4.69) is 22.8 Å². The van der Waals surface area contributed by atoms with Crippen LogP contribution < -0.4 is 0 Å². The second-order valence-electron chi connectivity index (χ2n) is 8.74. The lowest BCUT2D eigenvalue weighted by Gasteiger charge is -2.42. The van der Waals surface area contributed by atoms with Gasteiger partial charge in [-0.25, -0.2) is 17.8 Å². The van der Waals surface area contributed by atoms with Crippen molar-refractivity contribution >= 4 is 21.1 Å². The molecule has 0 radical (unpaired) electrons. The van der Waals surface area contributed by atoms with Crippen LogP contribution in [-0.4, -0.2) is 35.4 Å². The molecule has 4 aromatic rings. The first-order valence-electron chi connectivity index (χ1n) is 11.1. The topological polar surface area (TPSA) is 55.2 Å². The molecule has 1 saturated heterocycles. The van der Waals surface area contributed by atoms with E-state index in [1.807, 2.05) is 43.3 Å². The van der Waals surface area contributed by atoms with Crippen LogP contribution in [0.15, 0.2) is 83.8 Å². The van der Waals surface area contributed by atoms with Crippen LogP contribution in [0.4, 0.5) is 4.39 Å². The fourth-order valence-corrected chi connectivity index (χ4v) is 6.38. The van der Waals surface area contributed by atoms with Gasteiger partial charge in [0, 0.05) is 25.0 Å². The highest BCUT2D eigenvalue weighted by atomic mass is 32.2. The molecule has 0 N–H and O–H groups in total. The molecule has 1 fully saturated rings. The largest absolute Gasteiger partial charge is 0.327 e. The molecular weight excluding hydrogens is 437 g/mol. The zero-order valence-electron chi connectivity index (χ0n) is 18.5. The molecule has 0 unspecified atom stereocenters. The average molecular weight is 464 g/mol. The molecule has 1 aliphatic heterocycles. The highest BCUT2D eigenvalue weighted by molar-refractivity contribution is 7.89. The van der Waals surface area contributed by atoms with Gasteiger partial charge in [-0.3, -0.25) is 0 Å². The number of fused-ring (bicyclic) bond motifs is 1. The van der Waals surface area contributed by atoms with Crippen molar-refractivity contribution in [3.05, 3.63) is 96.1 Å². The molecule has 7 heteroatoms. The summed E-state index contributed by atoms with van der Waals surface area (Å²) < 4.78 is 43.5. The number of aromatic nitrogens is 2. The highest BCUT2D eigenvalue weighted by Crippen LogP contribution is 2.39. The van der Waals surface area contributed by atoms with E-state index in [0.29, 0.717) is 25.9 Å². The summed E-state index contributed by atoms with van der Waals surface area (Å²) in [6.45, 7) is 3.56. The van der Waals surface area contributed by atoms with Gasteiger partial charge in [-0.05, 0) is 61.7 Å². The number of hydrogen-bond acceptors (Lipinski definition) is 3. The van der Waals surface area contributed by atoms with Gasteiger partial charge in [-0.2, -0.15) is 4.31 Å². The van der Waals surface area contributed by atoms with Crippen LogP contribution in [0.5, 0.6) is 0 Å². The van der Waals surface area contributed by atoms with E-state index in [4.69, 9.17) is 4.98 Å². The number of aryl methyl sites for hydroxylation is 1. The Bertz CT molecular complexity index is 1370. The van der Waals surface area contributed by atoms with Gasteiger partial charge >= 0.3 is 0 Å². The lowest BCUT2D eigenvalue weighted by molar-refractivity contribution is 0.209. The second-order valence-corrected chi connectivity index (χ2v) is 10.7. The van der Waals surface area contributed by atoms with Crippen LogP contribution >= 0.6 is 0 Å². The number of sulfonamides is 1. The Morgan fingerprint density at radius 3 is 2.24 bits per heavy atom. The van der Waals surface area contributed by atoms with Crippen molar-refractivity contribution in [1.82, 2.24) is 13.9 Å². The summed E-state index contributed by atoms with van der Waals surface area (Å²) in [5.74, 6) is 0.506. The minimum absolute atomic E-state index is 0.132. The molecular formula is C26H26FN3O2S. The van der Waals surface area contributed by atoms with E-state index in [1.54, 1.807) is 0 Å². The fraction of sp³-hybridized carbons (Fsp3) is 0.269. The maximum absolute atomic E-state index is 13.3. The van der Waals surface area contributed by atoms with Gasteiger partial charge in [0.25, 0.3) is 0 Å². The number of benzene rings is 3. The van der Waals surface area contributed by atoms with Crippen molar-refractivity contribution < 1.29 is 12.8 Å². The third-order valence-corrected chi connectivity index (χ3v) is 8.74. The molecule has 2 heterocycles. The van der Waals surface area contributed by atoms with Crippen molar-refractivity contribution in [2.75, 3.05) is 13.1 Å². The summed E-state index contributed by atoms with van der Waals surface area (Å²) in [5, 5.41) is 0. The minimum Gasteiger partial charge on any atom is -0.327 e. The van der Waals surface area contributed by atoms with Crippen molar-refractivity contribution in [3.8, 4) is 0 Å². The fourth-order valence-electron chi connectivity index (χ4n) is 4.94. The molecule has 3 aromatic carbocycles. The summed E-state index contributed by atoms with van der Waals surface area (Å²) in [6.07, 6.45) is 1.37. The van der Waals surface area contributed by atoms with Crippen molar-refractivity contribution in [3.63, 3.8) is 0 Å². The first-order valence-corrected chi connectivity index (χ1v) is 12.6. The summed E-state index contributed by atoms with van der Waals surface area (Å²) in [6, 6.07) is 23.5. The summed E-state index contributed by atoms with van der Waals surface area (Å²) >= 11 is 0. The molecule has 33 heavy (non-hydrogen) atoms. The molecule has 0 spiro atoms. The van der Waals surface area contributed by atoms with Crippen LogP contribution in [0, 0.1) is 12.7 Å². The van der Waals surface area contributed by atoms with E-state index in [9.17, 15) is 12.8 Å². The lowest BCUT2D eigenvalue weighted by Crippen LogP contribution is -2.47. The zero-order chi connectivity index (χ0) is 23.1. The standard InChI is InChI=1S/C26H26FN3O2S/c1-20-28-24-9-5-6-10-25(24)30(20)19-26(21-7-3-2-4-8-21)15-17-29(18-16-26)33(31,32)23-13-11-22(27)12-14-23/h2-14H,15-19H2,1H3. The maximum atomic E-state index is 13.3. The van der Waals surface area contributed by atoms with Gasteiger partial charge in [-0.15, -0.1) is 0 Å². The summed E-state index contributed by atoms with van der Waals surface area (Å²) in [4.78, 5) is 4.86. The van der Waals surface area contributed by atoms with Crippen LogP contribution in [-0.2, 0) is 22.0 Å². The molecule has 1 aliphatic rings. The molecule has 0 bridgehead atoms. The smallest absolute Gasteiger partial charge is 0.243 e.